The second-order valence-electron chi connectivity index (χ2n) is 2.95. The molecule has 0 aromatic rings. The van der Waals surface area contributed by atoms with E-state index in [1.165, 1.54) is 13.8 Å². The van der Waals surface area contributed by atoms with Gasteiger partial charge < -0.3 is 9.47 Å². The summed E-state index contributed by atoms with van der Waals surface area (Å²) in [4.78, 5) is 33.0. The number of hydrogen-bond acceptors (Lipinski definition) is 6. The minimum absolute atomic E-state index is 0.184. The molecule has 1 atom stereocenters. The summed E-state index contributed by atoms with van der Waals surface area (Å²) >= 11 is 1.12. The van der Waals surface area contributed by atoms with Gasteiger partial charge in [0.25, 0.3) is 0 Å². The molecule has 0 fully saturated rings. The molecular formula is C10H16O5S. The molecule has 0 heterocycles. The average molecular weight is 248 g/mol. The molecule has 0 rings (SSSR count). The molecular weight excluding hydrogens is 232 g/mol. The lowest BCUT2D eigenvalue weighted by atomic mass is 10.3. The summed E-state index contributed by atoms with van der Waals surface area (Å²) in [6, 6.07) is 0. The highest BCUT2D eigenvalue weighted by Gasteiger charge is 2.24. The summed E-state index contributed by atoms with van der Waals surface area (Å²) in [7, 11) is 0. The van der Waals surface area contributed by atoms with Crippen molar-refractivity contribution in [2.75, 3.05) is 19.0 Å². The summed E-state index contributed by atoms with van der Waals surface area (Å²) in [5, 5.41) is -0.824. The smallest absolute Gasteiger partial charge is 0.326 e. The maximum atomic E-state index is 11.3. The lowest BCUT2D eigenvalue weighted by molar-refractivity contribution is -0.144. The normalized spacial score (nSPS) is 11.7. The van der Waals surface area contributed by atoms with Gasteiger partial charge in [0.15, 0.2) is 11.0 Å². The van der Waals surface area contributed by atoms with Crippen molar-refractivity contribution in [1.29, 1.82) is 0 Å². The molecule has 0 aromatic heterocycles. The Balaban J connectivity index is 4.00. The monoisotopic (exact) mass is 248 g/mol. The lowest BCUT2D eigenvalue weighted by Gasteiger charge is -2.11. The van der Waals surface area contributed by atoms with Gasteiger partial charge in [-0.1, -0.05) is 0 Å². The lowest BCUT2D eigenvalue weighted by Crippen LogP contribution is -2.28. The van der Waals surface area contributed by atoms with E-state index in [-0.39, 0.29) is 25.0 Å². The van der Waals surface area contributed by atoms with Gasteiger partial charge in [0.2, 0.25) is 0 Å². The van der Waals surface area contributed by atoms with Crippen molar-refractivity contribution in [3.05, 3.63) is 0 Å². The predicted molar refractivity (Wildman–Crippen MR) is 60.2 cm³/mol. The zero-order chi connectivity index (χ0) is 12.6. The number of carbonyl (C=O) groups is 3. The van der Waals surface area contributed by atoms with Crippen molar-refractivity contribution in [1.82, 2.24) is 0 Å². The van der Waals surface area contributed by atoms with E-state index >= 15 is 0 Å². The maximum Gasteiger partial charge on any atom is 0.326 e. The quantitative estimate of drug-likeness (QED) is 0.377. The molecule has 0 spiro atoms. The Bertz CT molecular complexity index is 264. The zero-order valence-corrected chi connectivity index (χ0v) is 10.5. The number of ether oxygens (including phenoxy) is 2. The fraction of sp³-hybridized carbons (Fsp3) is 0.700. The molecule has 0 amide bonds. The third-order valence-electron chi connectivity index (χ3n) is 1.54. The molecule has 0 bridgehead atoms. The van der Waals surface area contributed by atoms with E-state index < -0.39 is 11.2 Å². The van der Waals surface area contributed by atoms with Crippen LogP contribution in [0.4, 0.5) is 0 Å². The molecule has 0 radical (unpaired) electrons. The minimum Gasteiger partial charge on any atom is -0.465 e. The van der Waals surface area contributed by atoms with Crippen LogP contribution in [0.2, 0.25) is 0 Å². The molecule has 1 unspecified atom stereocenters. The van der Waals surface area contributed by atoms with Gasteiger partial charge in [-0.25, -0.2) is 0 Å². The van der Waals surface area contributed by atoms with Crippen LogP contribution in [0, 0.1) is 0 Å². The largest absolute Gasteiger partial charge is 0.465 e. The number of Topliss-reactive ketones (excluding diaryl/α,β-unsaturated/α-hetero) is 1. The first-order chi connectivity index (χ1) is 7.49. The van der Waals surface area contributed by atoms with Gasteiger partial charge in [0.05, 0.1) is 6.61 Å². The Morgan fingerprint density at radius 1 is 1.19 bits per heavy atom. The van der Waals surface area contributed by atoms with Crippen molar-refractivity contribution in [2.24, 2.45) is 0 Å². The van der Waals surface area contributed by atoms with E-state index in [1.807, 2.05) is 0 Å². The molecule has 0 aliphatic rings. The minimum atomic E-state index is -0.824. The first-order valence-electron chi connectivity index (χ1n) is 4.91. The van der Waals surface area contributed by atoms with E-state index in [0.29, 0.717) is 5.75 Å². The van der Waals surface area contributed by atoms with Gasteiger partial charge in [-0.15, -0.1) is 11.8 Å². The van der Waals surface area contributed by atoms with E-state index in [2.05, 4.69) is 4.74 Å². The van der Waals surface area contributed by atoms with Crippen LogP contribution in [0.5, 0.6) is 0 Å². The van der Waals surface area contributed by atoms with Gasteiger partial charge in [0, 0.05) is 12.7 Å². The number of hydrogen-bond donors (Lipinski definition) is 0. The Labute approximate surface area is 98.9 Å². The maximum absolute atomic E-state index is 11.3. The second kappa shape index (κ2) is 8.15. The molecule has 16 heavy (non-hydrogen) atoms. The van der Waals surface area contributed by atoms with E-state index in [9.17, 15) is 14.4 Å². The molecule has 0 aromatic carbocycles. The molecule has 0 aliphatic heterocycles. The highest BCUT2D eigenvalue weighted by atomic mass is 32.2. The Morgan fingerprint density at radius 2 is 1.81 bits per heavy atom. The average Bonchev–Trinajstić information content (AvgIpc) is 2.16. The molecule has 0 aliphatic carbocycles. The van der Waals surface area contributed by atoms with E-state index in [0.717, 1.165) is 11.8 Å². The Morgan fingerprint density at radius 3 is 2.25 bits per heavy atom. The van der Waals surface area contributed by atoms with Gasteiger partial charge in [-0.05, 0) is 13.8 Å². The van der Waals surface area contributed by atoms with Crippen LogP contribution in [0.25, 0.3) is 0 Å². The van der Waals surface area contributed by atoms with Gasteiger partial charge >= 0.3 is 11.9 Å². The molecule has 5 nitrogen and oxygen atoms in total. The van der Waals surface area contributed by atoms with Crippen molar-refractivity contribution < 1.29 is 23.9 Å². The SMILES string of the molecule is CCOC(=O)C(SCCOC(C)=O)C(C)=O. The third-order valence-corrected chi connectivity index (χ3v) is 2.80. The fourth-order valence-corrected chi connectivity index (χ4v) is 1.77. The topological polar surface area (TPSA) is 69.7 Å². The predicted octanol–water partition coefficient (Wildman–Crippen LogP) is 0.803. The number of carbonyl (C=O) groups excluding carboxylic acids is 3. The Kier molecular flexibility index (Phi) is 7.62. The Hall–Kier alpha value is -1.04. The zero-order valence-electron chi connectivity index (χ0n) is 9.65. The van der Waals surface area contributed by atoms with Crippen molar-refractivity contribution in [2.45, 2.75) is 26.0 Å². The molecule has 92 valence electrons. The van der Waals surface area contributed by atoms with E-state index in [4.69, 9.17) is 4.74 Å². The third kappa shape index (κ3) is 6.44. The number of ketones is 1. The first kappa shape index (κ1) is 15.0. The second-order valence-corrected chi connectivity index (χ2v) is 4.17. The van der Waals surface area contributed by atoms with Crippen LogP contribution in [-0.4, -0.2) is 41.9 Å². The standard InChI is InChI=1S/C10H16O5S/c1-4-14-10(13)9(7(2)11)16-6-5-15-8(3)12/h9H,4-6H2,1-3H3. The molecule has 0 N–H and O–H groups in total. The molecule has 0 saturated heterocycles. The van der Waals surface area contributed by atoms with E-state index in [1.54, 1.807) is 6.92 Å². The van der Waals surface area contributed by atoms with Gasteiger partial charge in [-0.2, -0.15) is 0 Å². The van der Waals surface area contributed by atoms with Gasteiger partial charge in [-0.3, -0.25) is 14.4 Å². The summed E-state index contributed by atoms with van der Waals surface area (Å²) in [6.45, 7) is 4.74. The summed E-state index contributed by atoms with van der Waals surface area (Å²) in [5.41, 5.74) is 0. The highest BCUT2D eigenvalue weighted by molar-refractivity contribution is 8.01. The van der Waals surface area contributed by atoms with Crippen LogP contribution in [0.15, 0.2) is 0 Å². The van der Waals surface area contributed by atoms with Crippen LogP contribution in [0.3, 0.4) is 0 Å². The van der Waals surface area contributed by atoms with Crippen LogP contribution in [0.1, 0.15) is 20.8 Å². The molecule has 6 heteroatoms. The summed E-state index contributed by atoms with van der Waals surface area (Å²) in [5.74, 6) is -0.784. The highest BCUT2D eigenvalue weighted by Crippen LogP contribution is 2.13. The summed E-state index contributed by atoms with van der Waals surface area (Å²) in [6.07, 6.45) is 0. The van der Waals surface area contributed by atoms with Gasteiger partial charge in [0.1, 0.15) is 6.61 Å². The number of thioether (sulfide) groups is 1. The van der Waals surface area contributed by atoms with Crippen LogP contribution >= 0.6 is 11.8 Å². The van der Waals surface area contributed by atoms with Crippen molar-refractivity contribution in [3.63, 3.8) is 0 Å². The number of rotatable bonds is 7. The van der Waals surface area contributed by atoms with Crippen molar-refractivity contribution >= 4 is 29.5 Å². The summed E-state index contributed by atoms with van der Waals surface area (Å²) < 4.78 is 9.44. The van der Waals surface area contributed by atoms with Crippen LogP contribution in [-0.2, 0) is 23.9 Å². The first-order valence-corrected chi connectivity index (χ1v) is 5.96. The van der Waals surface area contributed by atoms with Crippen molar-refractivity contribution in [3.8, 4) is 0 Å². The van der Waals surface area contributed by atoms with Crippen LogP contribution < -0.4 is 0 Å². The molecule has 0 saturated carbocycles. The fourth-order valence-electron chi connectivity index (χ4n) is 0.921. The number of esters is 2.